The maximum absolute atomic E-state index is 15.0. The summed E-state index contributed by atoms with van der Waals surface area (Å²) in [6.07, 6.45) is 5.98. The average Bonchev–Trinajstić information content (AvgIpc) is 3.33. The SMILES string of the molecule is C=C(C)C(=O)OCCN(CC)S(=O)(=O)c1cc(C(C)C)c(/C=c2\ccc3c(c2)Oc2cc(Cc4c(C(C)C)cccc4C(C)C)ccc2C=3c2cc(Cl)ccc2S(=O)(=O)N(CCCC)CCCC)c(C(C)C)c1. The van der Waals surface area contributed by atoms with Crippen molar-refractivity contribution in [3.05, 3.63) is 163 Å². The summed E-state index contributed by atoms with van der Waals surface area (Å²) >= 11 is 6.87. The average molecular weight is 1050 g/mol. The first-order chi connectivity index (χ1) is 34.5. The molecule has 392 valence electrons. The number of carbonyl (C=O) groups excluding carboxylic acids is 1. The van der Waals surface area contributed by atoms with Crippen LogP contribution in [0.1, 0.15) is 183 Å². The van der Waals surface area contributed by atoms with Gasteiger partial charge in [0.1, 0.15) is 18.1 Å². The van der Waals surface area contributed by atoms with Gasteiger partial charge >= 0.3 is 5.97 Å². The van der Waals surface area contributed by atoms with Crippen LogP contribution >= 0.6 is 11.6 Å². The number of carbonyl (C=O) groups is 1. The van der Waals surface area contributed by atoms with E-state index in [9.17, 15) is 13.2 Å². The van der Waals surface area contributed by atoms with E-state index in [0.717, 1.165) is 63.9 Å². The summed E-state index contributed by atoms with van der Waals surface area (Å²) in [5, 5.41) is 1.96. The third-order valence-corrected chi connectivity index (χ3v) is 17.9. The lowest BCUT2D eigenvalue weighted by Crippen LogP contribution is -2.34. The predicted molar refractivity (Wildman–Crippen MR) is 300 cm³/mol. The minimum atomic E-state index is -3.99. The van der Waals surface area contributed by atoms with Crippen molar-refractivity contribution in [2.75, 3.05) is 32.8 Å². The quantitative estimate of drug-likeness (QED) is 0.0464. The first-order valence-electron chi connectivity index (χ1n) is 26.1. The smallest absolute Gasteiger partial charge is 0.333 e. The van der Waals surface area contributed by atoms with Crippen molar-refractivity contribution >= 4 is 49.3 Å². The molecule has 0 amide bonds. The first-order valence-corrected chi connectivity index (χ1v) is 29.4. The van der Waals surface area contributed by atoms with Crippen LogP contribution in [0.2, 0.25) is 5.02 Å². The van der Waals surface area contributed by atoms with E-state index in [4.69, 9.17) is 21.1 Å². The Bertz CT molecular complexity index is 3130. The molecule has 0 aromatic heterocycles. The maximum Gasteiger partial charge on any atom is 0.333 e. The topological polar surface area (TPSA) is 110 Å². The van der Waals surface area contributed by atoms with Gasteiger partial charge in [0.15, 0.2) is 0 Å². The molecule has 0 saturated carbocycles. The lowest BCUT2D eigenvalue weighted by molar-refractivity contribution is -0.139. The second-order valence-corrected chi connectivity index (χ2v) is 24.9. The zero-order valence-corrected chi connectivity index (χ0v) is 47.6. The highest BCUT2D eigenvalue weighted by atomic mass is 35.5. The van der Waals surface area contributed by atoms with Crippen LogP contribution in [0.15, 0.2) is 107 Å². The number of hydrogen-bond donors (Lipinski definition) is 0. The number of unbranched alkanes of at least 4 members (excludes halogenated alkanes) is 2. The minimum absolute atomic E-state index is 0.00130. The van der Waals surface area contributed by atoms with Gasteiger partial charge in [0.25, 0.3) is 0 Å². The Hall–Kier alpha value is -5.04. The standard InChI is InChI=1S/C61H77ClN2O7S2/c1-14-17-28-64(29-18-15-2)73(68,69)59-27-24-46(62)36-56(59)60-50-25-22-44(32-54-48(39(4)5)20-19-21-49(54)40(6)7)34-57(50)71-58-35-45(23-26-51(58)60)33-55-52(41(8)9)37-47(38-53(55)42(10)11)72(66,67)63(16-3)30-31-70-61(65)43(12)13/h19-27,33-42H,12,14-18,28-32H2,1-11,13H3/b45-33+. The van der Waals surface area contributed by atoms with E-state index in [-0.39, 0.29) is 46.9 Å². The van der Waals surface area contributed by atoms with Gasteiger partial charge in [-0.1, -0.05) is 144 Å². The molecule has 0 radical (unpaired) electrons. The number of hydrogen-bond acceptors (Lipinski definition) is 7. The highest BCUT2D eigenvalue weighted by Crippen LogP contribution is 2.41. The molecule has 0 atom stereocenters. The van der Waals surface area contributed by atoms with E-state index in [1.54, 1.807) is 48.5 Å². The van der Waals surface area contributed by atoms with Crippen LogP contribution in [0.25, 0.3) is 11.6 Å². The zero-order valence-electron chi connectivity index (χ0n) is 45.2. The van der Waals surface area contributed by atoms with E-state index >= 15 is 8.42 Å². The van der Waals surface area contributed by atoms with Crippen molar-refractivity contribution in [2.24, 2.45) is 0 Å². The monoisotopic (exact) mass is 1050 g/mol. The molecule has 5 aromatic carbocycles. The molecule has 6 rings (SSSR count). The fraction of sp³-hybridized carbons (Fsp3) is 0.426. The lowest BCUT2D eigenvalue weighted by atomic mass is 9.85. The molecule has 0 saturated heterocycles. The van der Waals surface area contributed by atoms with Crippen molar-refractivity contribution in [1.29, 1.82) is 0 Å². The summed E-state index contributed by atoms with van der Waals surface area (Å²) in [6.45, 7) is 29.1. The molecule has 0 bridgehead atoms. The summed E-state index contributed by atoms with van der Waals surface area (Å²) in [5.41, 5.74) is 9.85. The van der Waals surface area contributed by atoms with E-state index in [0.29, 0.717) is 59.0 Å². The Morgan fingerprint density at radius 3 is 1.84 bits per heavy atom. The number of esters is 1. The predicted octanol–water partition coefficient (Wildman–Crippen LogP) is 13.3. The third kappa shape index (κ3) is 12.9. The summed E-state index contributed by atoms with van der Waals surface area (Å²) < 4.78 is 74.0. The van der Waals surface area contributed by atoms with Gasteiger partial charge in [0.05, 0.1) is 9.79 Å². The Labute approximate surface area is 442 Å². The number of ether oxygens (including phenoxy) is 2. The molecule has 5 aromatic rings. The third-order valence-electron chi connectivity index (χ3n) is 13.7. The van der Waals surface area contributed by atoms with Crippen molar-refractivity contribution in [3.8, 4) is 11.5 Å². The molecular weight excluding hydrogens is 972 g/mol. The Morgan fingerprint density at radius 2 is 1.29 bits per heavy atom. The van der Waals surface area contributed by atoms with Crippen molar-refractivity contribution in [2.45, 2.75) is 149 Å². The van der Waals surface area contributed by atoms with Crippen molar-refractivity contribution < 1.29 is 31.1 Å². The number of sulfonamides is 2. The van der Waals surface area contributed by atoms with Crippen molar-refractivity contribution in [3.63, 3.8) is 0 Å². The van der Waals surface area contributed by atoms with Crippen LogP contribution in [-0.2, 0) is 36.0 Å². The van der Waals surface area contributed by atoms with Gasteiger partial charge in [0.2, 0.25) is 20.0 Å². The Balaban J connectivity index is 1.59. The normalized spacial score (nSPS) is 13.1. The molecule has 0 aliphatic carbocycles. The molecule has 12 heteroatoms. The highest BCUT2D eigenvalue weighted by Gasteiger charge is 2.32. The summed E-state index contributed by atoms with van der Waals surface area (Å²) in [5.74, 6) is 1.14. The van der Waals surface area contributed by atoms with Crippen LogP contribution in [0.4, 0.5) is 0 Å². The fourth-order valence-electron chi connectivity index (χ4n) is 9.71. The second-order valence-electron chi connectivity index (χ2n) is 20.6. The van der Waals surface area contributed by atoms with E-state index in [1.165, 1.54) is 21.0 Å². The Kier molecular flexibility index (Phi) is 19.2. The van der Waals surface area contributed by atoms with Gasteiger partial charge in [-0.3, -0.25) is 0 Å². The molecule has 73 heavy (non-hydrogen) atoms. The maximum atomic E-state index is 15.0. The van der Waals surface area contributed by atoms with Crippen LogP contribution in [0, 0.1) is 0 Å². The van der Waals surface area contributed by atoms with E-state index < -0.39 is 26.0 Å². The minimum Gasteiger partial charge on any atom is -0.461 e. The number of nitrogens with zero attached hydrogens (tertiary/aromatic N) is 2. The number of rotatable bonds is 23. The Morgan fingerprint density at radius 1 is 0.685 bits per heavy atom. The van der Waals surface area contributed by atoms with Crippen LogP contribution < -0.4 is 15.2 Å². The van der Waals surface area contributed by atoms with Gasteiger partial charge in [-0.05, 0) is 149 Å². The van der Waals surface area contributed by atoms with E-state index in [1.807, 2.05) is 18.2 Å². The molecule has 1 heterocycles. The van der Waals surface area contributed by atoms with Crippen LogP contribution in [0.5, 0.6) is 11.5 Å². The molecule has 0 N–H and O–H groups in total. The van der Waals surface area contributed by atoms with Gasteiger partial charge in [0, 0.05) is 58.7 Å². The molecule has 9 nitrogen and oxygen atoms in total. The van der Waals surface area contributed by atoms with Crippen LogP contribution in [0.3, 0.4) is 0 Å². The van der Waals surface area contributed by atoms with Crippen LogP contribution in [-0.4, -0.2) is 64.2 Å². The molecular formula is C61H77ClN2O7S2. The van der Waals surface area contributed by atoms with E-state index in [2.05, 4.69) is 118 Å². The zero-order chi connectivity index (χ0) is 53.5. The number of benzene rings is 5. The summed E-state index contributed by atoms with van der Waals surface area (Å²) in [7, 11) is -7.98. The second kappa shape index (κ2) is 24.5. The largest absolute Gasteiger partial charge is 0.461 e. The molecule has 0 spiro atoms. The van der Waals surface area contributed by atoms with Gasteiger partial charge in [-0.15, -0.1) is 0 Å². The first kappa shape index (κ1) is 57.2. The van der Waals surface area contributed by atoms with Gasteiger partial charge in [-0.2, -0.15) is 8.61 Å². The molecule has 1 aliphatic heterocycles. The number of halogens is 1. The number of likely N-dealkylation sites (N-methyl/N-ethyl adjacent to an activating group) is 1. The molecule has 0 fully saturated rings. The summed E-state index contributed by atoms with van der Waals surface area (Å²) in [4.78, 5) is 12.5. The van der Waals surface area contributed by atoms with Gasteiger partial charge < -0.3 is 9.47 Å². The highest BCUT2D eigenvalue weighted by molar-refractivity contribution is 7.89. The van der Waals surface area contributed by atoms with Crippen molar-refractivity contribution in [1.82, 2.24) is 8.61 Å². The van der Waals surface area contributed by atoms with Gasteiger partial charge in [-0.25, -0.2) is 21.6 Å². The lowest BCUT2D eigenvalue weighted by Gasteiger charge is -2.27. The molecule has 1 aliphatic rings. The number of fused-ring (bicyclic) bond motifs is 2. The fourth-order valence-corrected chi connectivity index (χ4v) is 13.1. The molecule has 0 unspecified atom stereocenters. The summed E-state index contributed by atoms with van der Waals surface area (Å²) in [6, 6.07) is 27.5.